The molecule has 0 aromatic rings. The fourth-order valence-corrected chi connectivity index (χ4v) is 2.97. The maximum absolute atomic E-state index is 3.69. The first kappa shape index (κ1) is 12.0. The average molecular weight is 197 g/mol. The Hall–Kier alpha value is -0.0400. The van der Waals surface area contributed by atoms with Crippen molar-refractivity contribution >= 4 is 0 Å². The molecule has 1 N–H and O–H groups in total. The Labute approximate surface area is 89.7 Å². The van der Waals surface area contributed by atoms with Crippen LogP contribution < -0.4 is 5.32 Å². The normalized spacial score (nSPS) is 34.5. The largest absolute Gasteiger partial charge is 0.314 e. The zero-order valence-corrected chi connectivity index (χ0v) is 10.6. The van der Waals surface area contributed by atoms with Crippen LogP contribution in [0.5, 0.6) is 0 Å². The molecular formula is C13H27N. The van der Waals surface area contributed by atoms with Crippen LogP contribution in [0.4, 0.5) is 0 Å². The molecule has 3 atom stereocenters. The first-order valence-corrected chi connectivity index (χ1v) is 6.20. The minimum absolute atomic E-state index is 0.460. The summed E-state index contributed by atoms with van der Waals surface area (Å²) in [7, 11) is 0. The quantitative estimate of drug-likeness (QED) is 0.715. The summed E-state index contributed by atoms with van der Waals surface area (Å²) in [6.07, 6.45) is 4.24. The zero-order valence-electron chi connectivity index (χ0n) is 10.6. The summed E-state index contributed by atoms with van der Waals surface area (Å²) in [5.41, 5.74) is 0.460. The van der Waals surface area contributed by atoms with Gasteiger partial charge in [-0.15, -0.1) is 0 Å². The Bertz CT molecular complexity index is 169. The molecule has 0 aromatic carbocycles. The number of nitrogens with one attached hydrogen (secondary N) is 1. The fraction of sp³-hybridized carbons (Fsp3) is 1.00. The molecule has 0 saturated heterocycles. The molecular weight excluding hydrogens is 170 g/mol. The second-order valence-electron chi connectivity index (χ2n) is 5.96. The van der Waals surface area contributed by atoms with Crippen LogP contribution in [-0.4, -0.2) is 12.6 Å². The topological polar surface area (TPSA) is 12.0 Å². The predicted octanol–water partition coefficient (Wildman–Crippen LogP) is 3.45. The molecule has 1 nitrogen and oxygen atoms in total. The molecule has 0 amide bonds. The van der Waals surface area contributed by atoms with E-state index in [0.717, 1.165) is 24.4 Å². The van der Waals surface area contributed by atoms with Gasteiger partial charge in [0.1, 0.15) is 0 Å². The van der Waals surface area contributed by atoms with Gasteiger partial charge in [-0.2, -0.15) is 0 Å². The molecule has 1 saturated carbocycles. The van der Waals surface area contributed by atoms with Gasteiger partial charge in [0.25, 0.3) is 0 Å². The molecule has 0 radical (unpaired) electrons. The standard InChI is InChI=1S/C13H27N/c1-6-14-12-10(2)8-7-9-11(12)13(3,4)5/h10-12,14H,6-9H2,1-5H3. The smallest absolute Gasteiger partial charge is 0.0126 e. The van der Waals surface area contributed by atoms with Gasteiger partial charge in [-0.3, -0.25) is 0 Å². The Morgan fingerprint density at radius 3 is 2.36 bits per heavy atom. The van der Waals surface area contributed by atoms with Gasteiger partial charge in [0, 0.05) is 6.04 Å². The van der Waals surface area contributed by atoms with Crippen LogP contribution in [0, 0.1) is 17.3 Å². The lowest BCUT2D eigenvalue weighted by Gasteiger charge is -2.44. The van der Waals surface area contributed by atoms with Crippen molar-refractivity contribution in [1.82, 2.24) is 5.32 Å². The second kappa shape index (κ2) is 4.65. The molecule has 1 aliphatic rings. The summed E-state index contributed by atoms with van der Waals surface area (Å²) >= 11 is 0. The van der Waals surface area contributed by atoms with Crippen LogP contribution in [0.2, 0.25) is 0 Å². The van der Waals surface area contributed by atoms with Crippen molar-refractivity contribution < 1.29 is 0 Å². The van der Waals surface area contributed by atoms with Gasteiger partial charge in [-0.05, 0) is 36.6 Å². The van der Waals surface area contributed by atoms with Crippen LogP contribution in [0.25, 0.3) is 0 Å². The van der Waals surface area contributed by atoms with Gasteiger partial charge in [0.05, 0.1) is 0 Å². The van der Waals surface area contributed by atoms with Gasteiger partial charge >= 0.3 is 0 Å². The summed E-state index contributed by atoms with van der Waals surface area (Å²) in [6, 6.07) is 0.744. The van der Waals surface area contributed by atoms with Crippen molar-refractivity contribution in [3.63, 3.8) is 0 Å². The summed E-state index contributed by atoms with van der Waals surface area (Å²) < 4.78 is 0. The third-order valence-corrected chi connectivity index (χ3v) is 3.77. The molecule has 0 heterocycles. The van der Waals surface area contributed by atoms with Gasteiger partial charge < -0.3 is 5.32 Å². The monoisotopic (exact) mass is 197 g/mol. The van der Waals surface area contributed by atoms with Crippen molar-refractivity contribution in [3.8, 4) is 0 Å². The lowest BCUT2D eigenvalue weighted by Crippen LogP contribution is -2.48. The van der Waals surface area contributed by atoms with E-state index in [1.165, 1.54) is 19.3 Å². The average Bonchev–Trinajstić information content (AvgIpc) is 2.07. The molecule has 1 heteroatoms. The molecule has 1 rings (SSSR count). The fourth-order valence-electron chi connectivity index (χ4n) is 2.97. The SMILES string of the molecule is CCNC1C(C)CCCC1C(C)(C)C. The third-order valence-electron chi connectivity index (χ3n) is 3.77. The highest BCUT2D eigenvalue weighted by Gasteiger charge is 2.36. The van der Waals surface area contributed by atoms with Crippen molar-refractivity contribution in [2.75, 3.05) is 6.54 Å². The lowest BCUT2D eigenvalue weighted by atomic mass is 9.66. The molecule has 0 aliphatic heterocycles. The molecule has 0 spiro atoms. The Balaban J connectivity index is 2.69. The Morgan fingerprint density at radius 1 is 1.21 bits per heavy atom. The van der Waals surface area contributed by atoms with Crippen molar-refractivity contribution in [2.45, 2.75) is 59.9 Å². The van der Waals surface area contributed by atoms with E-state index in [9.17, 15) is 0 Å². The molecule has 0 aromatic heterocycles. The third kappa shape index (κ3) is 2.73. The Kier molecular flexibility index (Phi) is 4.00. The van der Waals surface area contributed by atoms with Gasteiger partial charge in [0.15, 0.2) is 0 Å². The van der Waals surface area contributed by atoms with Crippen molar-refractivity contribution in [1.29, 1.82) is 0 Å². The second-order valence-corrected chi connectivity index (χ2v) is 5.96. The number of rotatable bonds is 2. The number of hydrogen-bond donors (Lipinski definition) is 1. The maximum Gasteiger partial charge on any atom is 0.0126 e. The van der Waals surface area contributed by atoms with Crippen LogP contribution in [0.15, 0.2) is 0 Å². The van der Waals surface area contributed by atoms with E-state index >= 15 is 0 Å². The first-order chi connectivity index (χ1) is 6.46. The van der Waals surface area contributed by atoms with E-state index in [4.69, 9.17) is 0 Å². The number of hydrogen-bond acceptors (Lipinski definition) is 1. The van der Waals surface area contributed by atoms with E-state index in [0.29, 0.717) is 5.41 Å². The van der Waals surface area contributed by atoms with Crippen molar-refractivity contribution in [2.24, 2.45) is 17.3 Å². The minimum Gasteiger partial charge on any atom is -0.314 e. The highest BCUT2D eigenvalue weighted by atomic mass is 14.9. The minimum atomic E-state index is 0.460. The van der Waals surface area contributed by atoms with E-state index in [2.05, 4.69) is 39.9 Å². The summed E-state index contributed by atoms with van der Waals surface area (Å²) in [5, 5.41) is 3.69. The van der Waals surface area contributed by atoms with Crippen LogP contribution in [-0.2, 0) is 0 Å². The summed E-state index contributed by atoms with van der Waals surface area (Å²) in [4.78, 5) is 0. The van der Waals surface area contributed by atoms with E-state index < -0.39 is 0 Å². The molecule has 84 valence electrons. The summed E-state index contributed by atoms with van der Waals surface area (Å²) in [6.45, 7) is 12.9. The molecule has 0 bridgehead atoms. The van der Waals surface area contributed by atoms with Gasteiger partial charge in [-0.25, -0.2) is 0 Å². The predicted molar refractivity (Wildman–Crippen MR) is 63.4 cm³/mol. The van der Waals surface area contributed by atoms with E-state index in [-0.39, 0.29) is 0 Å². The van der Waals surface area contributed by atoms with Crippen LogP contribution in [0.3, 0.4) is 0 Å². The lowest BCUT2D eigenvalue weighted by molar-refractivity contribution is 0.0966. The van der Waals surface area contributed by atoms with E-state index in [1.54, 1.807) is 0 Å². The highest BCUT2D eigenvalue weighted by Crippen LogP contribution is 2.40. The van der Waals surface area contributed by atoms with Crippen LogP contribution in [0.1, 0.15) is 53.9 Å². The van der Waals surface area contributed by atoms with Gasteiger partial charge in [-0.1, -0.05) is 41.0 Å². The molecule has 3 unspecified atom stereocenters. The zero-order chi connectivity index (χ0) is 10.8. The molecule has 1 aliphatic carbocycles. The van der Waals surface area contributed by atoms with Crippen LogP contribution >= 0.6 is 0 Å². The highest BCUT2D eigenvalue weighted by molar-refractivity contribution is 4.91. The van der Waals surface area contributed by atoms with E-state index in [1.807, 2.05) is 0 Å². The van der Waals surface area contributed by atoms with Gasteiger partial charge in [0.2, 0.25) is 0 Å². The molecule has 1 fully saturated rings. The maximum atomic E-state index is 3.69. The summed E-state index contributed by atoms with van der Waals surface area (Å²) in [5.74, 6) is 1.71. The first-order valence-electron chi connectivity index (χ1n) is 6.20. The van der Waals surface area contributed by atoms with Crippen molar-refractivity contribution in [3.05, 3.63) is 0 Å². The molecule has 14 heavy (non-hydrogen) atoms. The Morgan fingerprint density at radius 2 is 1.86 bits per heavy atom.